The van der Waals surface area contributed by atoms with Gasteiger partial charge < -0.3 is 10.3 Å². The average molecular weight is 216 g/mol. The number of pyridine rings is 1. The Balaban J connectivity index is 1.94. The summed E-state index contributed by atoms with van der Waals surface area (Å²) in [6.07, 6.45) is 8.30. The van der Waals surface area contributed by atoms with Gasteiger partial charge in [0.05, 0.1) is 6.04 Å². The van der Waals surface area contributed by atoms with Gasteiger partial charge in [-0.05, 0) is 18.1 Å². The fourth-order valence-electron chi connectivity index (χ4n) is 1.65. The molecule has 2 aromatic heterocycles. The summed E-state index contributed by atoms with van der Waals surface area (Å²) in [7, 11) is 0. The quantitative estimate of drug-likeness (QED) is 0.804. The summed E-state index contributed by atoms with van der Waals surface area (Å²) in [5.74, 6) is 0.992. The van der Waals surface area contributed by atoms with Gasteiger partial charge in [0.25, 0.3) is 0 Å². The summed E-state index contributed by atoms with van der Waals surface area (Å²) in [4.78, 5) is 11.5. The van der Waals surface area contributed by atoms with Crippen molar-refractivity contribution in [1.29, 1.82) is 0 Å². The zero-order chi connectivity index (χ0) is 11.2. The van der Waals surface area contributed by atoms with Crippen molar-refractivity contribution in [2.45, 2.75) is 25.9 Å². The van der Waals surface area contributed by atoms with Gasteiger partial charge >= 0.3 is 0 Å². The fraction of sp³-hybridized carbons (Fsp3) is 0.333. The second-order valence-electron chi connectivity index (χ2n) is 3.68. The van der Waals surface area contributed by atoms with E-state index in [9.17, 15) is 0 Å². The highest BCUT2D eigenvalue weighted by atomic mass is 15.0. The zero-order valence-electron chi connectivity index (χ0n) is 9.35. The highest BCUT2D eigenvalue weighted by molar-refractivity contribution is 5.08. The number of nitrogens with one attached hydrogen (secondary N) is 2. The van der Waals surface area contributed by atoms with Crippen LogP contribution in [0.15, 0.2) is 36.9 Å². The molecule has 2 aromatic rings. The number of nitrogens with zero attached hydrogens (tertiary/aromatic N) is 2. The molecule has 0 aromatic carbocycles. The Morgan fingerprint density at radius 3 is 3.00 bits per heavy atom. The van der Waals surface area contributed by atoms with Gasteiger partial charge in [0.2, 0.25) is 0 Å². The van der Waals surface area contributed by atoms with Crippen molar-refractivity contribution < 1.29 is 0 Å². The molecule has 0 spiro atoms. The summed E-state index contributed by atoms with van der Waals surface area (Å²) in [5.41, 5.74) is 1.19. The second kappa shape index (κ2) is 5.42. The van der Waals surface area contributed by atoms with E-state index in [1.165, 1.54) is 5.56 Å². The lowest BCUT2D eigenvalue weighted by Crippen LogP contribution is -2.21. The Hall–Kier alpha value is -1.68. The molecule has 0 fully saturated rings. The first-order valence-electron chi connectivity index (χ1n) is 5.51. The molecule has 0 saturated heterocycles. The Kier molecular flexibility index (Phi) is 3.66. The third-order valence-electron chi connectivity index (χ3n) is 2.53. The van der Waals surface area contributed by atoms with E-state index in [1.807, 2.05) is 18.5 Å². The van der Waals surface area contributed by atoms with Gasteiger partial charge in [0.1, 0.15) is 5.82 Å². The van der Waals surface area contributed by atoms with Crippen LogP contribution in [0, 0.1) is 0 Å². The van der Waals surface area contributed by atoms with E-state index in [0.29, 0.717) is 0 Å². The maximum Gasteiger partial charge on any atom is 0.123 e. The monoisotopic (exact) mass is 216 g/mol. The lowest BCUT2D eigenvalue weighted by molar-refractivity contribution is 0.497. The van der Waals surface area contributed by atoms with Crippen LogP contribution < -0.4 is 5.32 Å². The molecule has 2 heterocycles. The lowest BCUT2D eigenvalue weighted by atomic mass is 10.2. The predicted molar refractivity (Wildman–Crippen MR) is 62.7 cm³/mol. The van der Waals surface area contributed by atoms with E-state index in [2.05, 4.69) is 33.3 Å². The fourth-order valence-corrected chi connectivity index (χ4v) is 1.65. The number of H-pyrrole nitrogens is 1. The molecule has 4 nitrogen and oxygen atoms in total. The van der Waals surface area contributed by atoms with E-state index in [0.717, 1.165) is 18.8 Å². The highest BCUT2D eigenvalue weighted by Gasteiger charge is 2.10. The molecule has 0 aliphatic carbocycles. The molecule has 2 N–H and O–H groups in total. The van der Waals surface area contributed by atoms with Crippen molar-refractivity contribution >= 4 is 0 Å². The van der Waals surface area contributed by atoms with E-state index >= 15 is 0 Å². The normalized spacial score (nSPS) is 12.6. The van der Waals surface area contributed by atoms with Crippen molar-refractivity contribution in [2.24, 2.45) is 0 Å². The van der Waals surface area contributed by atoms with Gasteiger partial charge in [-0.2, -0.15) is 0 Å². The molecule has 16 heavy (non-hydrogen) atoms. The molecule has 0 bridgehead atoms. The van der Waals surface area contributed by atoms with Crippen LogP contribution in [-0.2, 0) is 6.54 Å². The minimum absolute atomic E-state index is 0.273. The van der Waals surface area contributed by atoms with Crippen LogP contribution in [0.2, 0.25) is 0 Å². The molecular weight excluding hydrogens is 200 g/mol. The lowest BCUT2D eigenvalue weighted by Gasteiger charge is -2.14. The smallest absolute Gasteiger partial charge is 0.123 e. The molecule has 1 unspecified atom stereocenters. The molecular formula is C12H16N4. The minimum atomic E-state index is 0.273. The first kappa shape index (κ1) is 10.8. The SMILES string of the molecule is CCC(NCc1cccnc1)c1ncc[nH]1. The van der Waals surface area contributed by atoms with E-state index in [-0.39, 0.29) is 6.04 Å². The van der Waals surface area contributed by atoms with Crippen molar-refractivity contribution in [1.82, 2.24) is 20.3 Å². The first-order valence-corrected chi connectivity index (χ1v) is 5.51. The van der Waals surface area contributed by atoms with Crippen LogP contribution in [0.25, 0.3) is 0 Å². The summed E-state index contributed by atoms with van der Waals surface area (Å²) >= 11 is 0. The Morgan fingerprint density at radius 1 is 1.44 bits per heavy atom. The number of imidazole rings is 1. The molecule has 0 saturated carbocycles. The average Bonchev–Trinajstić information content (AvgIpc) is 2.85. The summed E-state index contributed by atoms with van der Waals surface area (Å²) in [6, 6.07) is 4.29. The summed E-state index contributed by atoms with van der Waals surface area (Å²) in [6.45, 7) is 2.95. The maximum atomic E-state index is 4.27. The Morgan fingerprint density at radius 2 is 2.38 bits per heavy atom. The molecule has 1 atom stereocenters. The van der Waals surface area contributed by atoms with Gasteiger partial charge in [0, 0.05) is 31.3 Å². The molecule has 0 aliphatic rings. The number of rotatable bonds is 5. The van der Waals surface area contributed by atoms with Crippen LogP contribution in [0.4, 0.5) is 0 Å². The van der Waals surface area contributed by atoms with Gasteiger partial charge in [-0.15, -0.1) is 0 Å². The van der Waals surface area contributed by atoms with Crippen molar-refractivity contribution in [3.05, 3.63) is 48.3 Å². The van der Waals surface area contributed by atoms with Crippen molar-refractivity contribution in [3.63, 3.8) is 0 Å². The zero-order valence-corrected chi connectivity index (χ0v) is 9.35. The Labute approximate surface area is 95.1 Å². The van der Waals surface area contributed by atoms with Crippen LogP contribution in [0.5, 0.6) is 0 Å². The molecule has 0 amide bonds. The van der Waals surface area contributed by atoms with Crippen LogP contribution in [-0.4, -0.2) is 15.0 Å². The predicted octanol–water partition coefficient (Wildman–Crippen LogP) is 2.05. The van der Waals surface area contributed by atoms with Gasteiger partial charge in [-0.25, -0.2) is 4.98 Å². The van der Waals surface area contributed by atoms with Gasteiger partial charge in [-0.3, -0.25) is 4.98 Å². The number of hydrogen-bond donors (Lipinski definition) is 2. The van der Waals surface area contributed by atoms with Gasteiger partial charge in [0.15, 0.2) is 0 Å². The standard InChI is InChI=1S/C12H16N4/c1-2-11(12-14-6-7-15-12)16-9-10-4-3-5-13-8-10/h3-8,11,16H,2,9H2,1H3,(H,14,15). The maximum absolute atomic E-state index is 4.27. The van der Waals surface area contributed by atoms with Crippen LogP contribution in [0.1, 0.15) is 30.8 Å². The van der Waals surface area contributed by atoms with E-state index in [1.54, 1.807) is 12.4 Å². The molecule has 84 valence electrons. The highest BCUT2D eigenvalue weighted by Crippen LogP contribution is 2.12. The largest absolute Gasteiger partial charge is 0.347 e. The van der Waals surface area contributed by atoms with Crippen molar-refractivity contribution in [3.8, 4) is 0 Å². The second-order valence-corrected chi connectivity index (χ2v) is 3.68. The van der Waals surface area contributed by atoms with Gasteiger partial charge in [-0.1, -0.05) is 13.0 Å². The number of aromatic amines is 1. The van der Waals surface area contributed by atoms with E-state index < -0.39 is 0 Å². The number of aromatic nitrogens is 3. The number of hydrogen-bond acceptors (Lipinski definition) is 3. The molecule has 2 rings (SSSR count). The third kappa shape index (κ3) is 2.67. The van der Waals surface area contributed by atoms with Crippen molar-refractivity contribution in [2.75, 3.05) is 0 Å². The topological polar surface area (TPSA) is 53.6 Å². The van der Waals surface area contributed by atoms with Crippen LogP contribution >= 0.6 is 0 Å². The van der Waals surface area contributed by atoms with E-state index in [4.69, 9.17) is 0 Å². The minimum Gasteiger partial charge on any atom is -0.347 e. The summed E-state index contributed by atoms with van der Waals surface area (Å²) in [5, 5.41) is 3.45. The van der Waals surface area contributed by atoms with Crippen LogP contribution in [0.3, 0.4) is 0 Å². The third-order valence-corrected chi connectivity index (χ3v) is 2.53. The Bertz CT molecular complexity index is 396. The summed E-state index contributed by atoms with van der Waals surface area (Å²) < 4.78 is 0. The first-order chi connectivity index (χ1) is 7.90. The molecule has 0 aliphatic heterocycles. The molecule has 0 radical (unpaired) electrons. The molecule has 4 heteroatoms.